The Kier molecular flexibility index (Phi) is 6.73. The van der Waals surface area contributed by atoms with E-state index in [2.05, 4.69) is 99.8 Å². The van der Waals surface area contributed by atoms with Crippen LogP contribution in [-0.2, 0) is 16.0 Å². The van der Waals surface area contributed by atoms with Crippen molar-refractivity contribution in [2.75, 3.05) is 11.5 Å². The van der Waals surface area contributed by atoms with E-state index in [1.807, 2.05) is 0 Å². The van der Waals surface area contributed by atoms with E-state index in [9.17, 15) is 4.79 Å². The van der Waals surface area contributed by atoms with Gasteiger partial charge < -0.3 is 9.64 Å². The number of carbonyl (C=O) groups is 1. The molecule has 30 heavy (non-hydrogen) atoms. The predicted molar refractivity (Wildman–Crippen MR) is 125 cm³/mol. The fraction of sp³-hybridized carbons (Fsp3) is 0.222. The molecule has 3 nitrogen and oxygen atoms in total. The standard InChI is InChI=1S/C27H29NO2/c1-6-27(29)30-16-15-23-9-13-24(14-10-23)28(25-11-7-19(2)21(4)17-25)26-12-8-20(3)22(5)18-26/h6-14,17-18H,1,15-16H2,2-5H3. The zero-order chi connectivity index (χ0) is 21.7. The second-order valence-electron chi connectivity index (χ2n) is 7.66. The van der Waals surface area contributed by atoms with E-state index in [1.165, 1.54) is 28.3 Å². The number of esters is 1. The molecule has 0 amide bonds. The summed E-state index contributed by atoms with van der Waals surface area (Å²) in [5.74, 6) is -0.387. The zero-order valence-electron chi connectivity index (χ0n) is 18.2. The summed E-state index contributed by atoms with van der Waals surface area (Å²) in [4.78, 5) is 13.5. The average Bonchev–Trinajstić information content (AvgIpc) is 2.74. The van der Waals surface area contributed by atoms with E-state index < -0.39 is 0 Å². The molecule has 3 aromatic carbocycles. The van der Waals surface area contributed by atoms with Gasteiger partial charge in [0.25, 0.3) is 0 Å². The van der Waals surface area contributed by atoms with Gasteiger partial charge in [-0.15, -0.1) is 0 Å². The molecule has 0 fully saturated rings. The van der Waals surface area contributed by atoms with Crippen LogP contribution in [0.1, 0.15) is 27.8 Å². The maximum absolute atomic E-state index is 11.2. The zero-order valence-corrected chi connectivity index (χ0v) is 18.2. The summed E-state index contributed by atoms with van der Waals surface area (Å²) >= 11 is 0. The van der Waals surface area contributed by atoms with Crippen LogP contribution in [0.3, 0.4) is 0 Å². The second kappa shape index (κ2) is 9.45. The molecule has 3 aromatic rings. The van der Waals surface area contributed by atoms with E-state index in [4.69, 9.17) is 4.74 Å². The highest BCUT2D eigenvalue weighted by Gasteiger charge is 2.14. The second-order valence-corrected chi connectivity index (χ2v) is 7.66. The number of hydrogen-bond acceptors (Lipinski definition) is 3. The number of ether oxygens (including phenoxy) is 1. The Bertz CT molecular complexity index is 999. The minimum atomic E-state index is -0.387. The molecule has 0 aliphatic heterocycles. The number of nitrogens with zero attached hydrogens (tertiary/aromatic N) is 1. The maximum Gasteiger partial charge on any atom is 0.330 e. The van der Waals surface area contributed by atoms with Crippen molar-refractivity contribution in [3.63, 3.8) is 0 Å². The third kappa shape index (κ3) is 4.98. The van der Waals surface area contributed by atoms with Crippen LogP contribution in [0.5, 0.6) is 0 Å². The largest absolute Gasteiger partial charge is 0.462 e. The first-order chi connectivity index (χ1) is 14.4. The molecule has 154 valence electrons. The van der Waals surface area contributed by atoms with Gasteiger partial charge in [0.2, 0.25) is 0 Å². The molecule has 0 radical (unpaired) electrons. The molecular formula is C27H29NO2. The van der Waals surface area contributed by atoms with E-state index >= 15 is 0 Å². The Hall–Kier alpha value is -3.33. The van der Waals surface area contributed by atoms with Crippen molar-refractivity contribution in [3.05, 3.63) is 101 Å². The summed E-state index contributed by atoms with van der Waals surface area (Å²) in [6, 6.07) is 21.5. The Morgan fingerprint density at radius 3 is 1.77 bits per heavy atom. The van der Waals surface area contributed by atoms with E-state index in [1.54, 1.807) is 0 Å². The smallest absolute Gasteiger partial charge is 0.330 e. The van der Waals surface area contributed by atoms with Crippen molar-refractivity contribution in [2.45, 2.75) is 34.1 Å². The average molecular weight is 400 g/mol. The summed E-state index contributed by atoms with van der Waals surface area (Å²) in [6.45, 7) is 12.3. The summed E-state index contributed by atoms with van der Waals surface area (Å²) < 4.78 is 5.09. The number of hydrogen-bond donors (Lipinski definition) is 0. The summed E-state index contributed by atoms with van der Waals surface area (Å²) in [7, 11) is 0. The van der Waals surface area contributed by atoms with Crippen molar-refractivity contribution >= 4 is 23.0 Å². The summed E-state index contributed by atoms with van der Waals surface area (Å²) in [6.07, 6.45) is 1.86. The molecule has 0 spiro atoms. The van der Waals surface area contributed by atoms with Gasteiger partial charge in [0.15, 0.2) is 0 Å². The molecule has 0 bridgehead atoms. The molecule has 0 aliphatic rings. The van der Waals surface area contributed by atoms with Gasteiger partial charge in [-0.1, -0.05) is 30.8 Å². The van der Waals surface area contributed by atoms with Gasteiger partial charge in [0.1, 0.15) is 0 Å². The Morgan fingerprint density at radius 1 is 0.800 bits per heavy atom. The molecule has 0 atom stereocenters. The number of benzene rings is 3. The lowest BCUT2D eigenvalue weighted by molar-refractivity contribution is -0.137. The van der Waals surface area contributed by atoms with Crippen LogP contribution >= 0.6 is 0 Å². The van der Waals surface area contributed by atoms with Gasteiger partial charge >= 0.3 is 5.97 Å². The minimum Gasteiger partial charge on any atom is -0.462 e. The molecule has 0 aromatic heterocycles. The molecule has 0 unspecified atom stereocenters. The molecular weight excluding hydrogens is 370 g/mol. The van der Waals surface area contributed by atoms with E-state index in [-0.39, 0.29) is 5.97 Å². The first-order valence-corrected chi connectivity index (χ1v) is 10.2. The lowest BCUT2D eigenvalue weighted by atomic mass is 10.0. The van der Waals surface area contributed by atoms with Crippen LogP contribution < -0.4 is 4.90 Å². The summed E-state index contributed by atoms with van der Waals surface area (Å²) in [5.41, 5.74) is 9.57. The third-order valence-corrected chi connectivity index (χ3v) is 5.49. The predicted octanol–water partition coefficient (Wildman–Crippen LogP) is 6.66. The van der Waals surface area contributed by atoms with Crippen LogP contribution in [-0.4, -0.2) is 12.6 Å². The summed E-state index contributed by atoms with van der Waals surface area (Å²) in [5, 5.41) is 0. The Balaban J connectivity index is 1.93. The highest BCUT2D eigenvalue weighted by atomic mass is 16.5. The van der Waals surface area contributed by atoms with Crippen molar-refractivity contribution in [2.24, 2.45) is 0 Å². The van der Waals surface area contributed by atoms with Crippen molar-refractivity contribution in [3.8, 4) is 0 Å². The monoisotopic (exact) mass is 399 g/mol. The van der Waals surface area contributed by atoms with E-state index in [0.29, 0.717) is 13.0 Å². The van der Waals surface area contributed by atoms with Gasteiger partial charge in [-0.05, 0) is 91.9 Å². The highest BCUT2D eigenvalue weighted by Crippen LogP contribution is 2.36. The third-order valence-electron chi connectivity index (χ3n) is 5.49. The van der Waals surface area contributed by atoms with Gasteiger partial charge in [-0.25, -0.2) is 4.79 Å². The van der Waals surface area contributed by atoms with Crippen molar-refractivity contribution < 1.29 is 9.53 Å². The van der Waals surface area contributed by atoms with Gasteiger partial charge in [0.05, 0.1) is 6.61 Å². The molecule has 0 N–H and O–H groups in total. The fourth-order valence-electron chi connectivity index (χ4n) is 3.32. The topological polar surface area (TPSA) is 29.5 Å². The van der Waals surface area contributed by atoms with Crippen LogP contribution in [0.15, 0.2) is 73.3 Å². The maximum atomic E-state index is 11.2. The quantitative estimate of drug-likeness (QED) is 0.328. The highest BCUT2D eigenvalue weighted by molar-refractivity contribution is 5.81. The minimum absolute atomic E-state index is 0.349. The lowest BCUT2D eigenvalue weighted by Crippen LogP contribution is -2.11. The van der Waals surface area contributed by atoms with Crippen LogP contribution in [0.2, 0.25) is 0 Å². The van der Waals surface area contributed by atoms with Crippen LogP contribution in [0.25, 0.3) is 0 Å². The van der Waals surface area contributed by atoms with Crippen molar-refractivity contribution in [1.82, 2.24) is 0 Å². The molecule has 3 rings (SSSR count). The number of anilines is 3. The normalized spacial score (nSPS) is 10.5. The van der Waals surface area contributed by atoms with Gasteiger partial charge in [-0.2, -0.15) is 0 Å². The first kappa shape index (κ1) is 21.4. The molecule has 3 heteroatoms. The molecule has 0 saturated heterocycles. The van der Waals surface area contributed by atoms with Gasteiger partial charge in [-0.3, -0.25) is 0 Å². The number of aryl methyl sites for hydroxylation is 4. The van der Waals surface area contributed by atoms with Gasteiger partial charge in [0, 0.05) is 29.6 Å². The lowest BCUT2D eigenvalue weighted by Gasteiger charge is -2.27. The van der Waals surface area contributed by atoms with Crippen molar-refractivity contribution in [1.29, 1.82) is 0 Å². The molecule has 0 aliphatic carbocycles. The SMILES string of the molecule is C=CC(=O)OCCc1ccc(N(c2ccc(C)c(C)c2)c2ccc(C)c(C)c2)cc1. The molecule has 0 saturated carbocycles. The first-order valence-electron chi connectivity index (χ1n) is 10.2. The Morgan fingerprint density at radius 2 is 1.30 bits per heavy atom. The van der Waals surface area contributed by atoms with Crippen LogP contribution in [0.4, 0.5) is 17.1 Å². The number of carbonyl (C=O) groups excluding carboxylic acids is 1. The van der Waals surface area contributed by atoms with Crippen LogP contribution in [0, 0.1) is 27.7 Å². The molecule has 0 heterocycles. The Labute approximate surface area is 179 Å². The number of rotatable bonds is 7. The fourth-order valence-corrected chi connectivity index (χ4v) is 3.32. The van der Waals surface area contributed by atoms with E-state index in [0.717, 1.165) is 22.6 Å².